The van der Waals surface area contributed by atoms with Gasteiger partial charge in [-0.25, -0.2) is 8.42 Å². The molecule has 0 bridgehead atoms. The summed E-state index contributed by atoms with van der Waals surface area (Å²) in [5.41, 5.74) is 2.16. The number of nitrogens with one attached hydrogen (secondary N) is 1. The van der Waals surface area contributed by atoms with E-state index in [9.17, 15) is 8.42 Å². The molecule has 2 aromatic rings. The molecule has 0 radical (unpaired) electrons. The smallest absolute Gasteiger partial charge is 0.261 e. The van der Waals surface area contributed by atoms with Gasteiger partial charge in [0.1, 0.15) is 0 Å². The van der Waals surface area contributed by atoms with Gasteiger partial charge in [-0.15, -0.1) is 0 Å². The molecular weight excluding hydrogens is 352 g/mol. The first-order chi connectivity index (χ1) is 9.92. The van der Waals surface area contributed by atoms with E-state index in [-0.39, 0.29) is 11.3 Å². The second-order valence-corrected chi connectivity index (χ2v) is 7.14. The lowest BCUT2D eigenvalue weighted by Gasteiger charge is -2.11. The Kier molecular flexibility index (Phi) is 4.66. The SMILES string of the molecule is Cc1cc(Br)ccc1NS(=O)(=O)c1ccc(CC#N)cc1. The van der Waals surface area contributed by atoms with Gasteiger partial charge in [0.2, 0.25) is 0 Å². The Labute approximate surface area is 132 Å². The molecule has 0 unspecified atom stereocenters. The van der Waals surface area contributed by atoms with Gasteiger partial charge < -0.3 is 0 Å². The highest BCUT2D eigenvalue weighted by molar-refractivity contribution is 9.10. The van der Waals surface area contributed by atoms with Crippen LogP contribution in [0.2, 0.25) is 0 Å². The predicted molar refractivity (Wildman–Crippen MR) is 85.4 cm³/mol. The van der Waals surface area contributed by atoms with E-state index in [0.29, 0.717) is 5.69 Å². The molecule has 0 amide bonds. The summed E-state index contributed by atoms with van der Waals surface area (Å²) in [5, 5.41) is 8.61. The van der Waals surface area contributed by atoms with Crippen LogP contribution in [0.1, 0.15) is 11.1 Å². The van der Waals surface area contributed by atoms with Gasteiger partial charge in [-0.3, -0.25) is 4.72 Å². The zero-order valence-electron chi connectivity index (χ0n) is 11.3. The summed E-state index contributed by atoms with van der Waals surface area (Å²) in [6, 6.07) is 13.7. The van der Waals surface area contributed by atoms with Gasteiger partial charge in [0.15, 0.2) is 0 Å². The molecule has 0 saturated carbocycles. The number of hydrogen-bond donors (Lipinski definition) is 1. The topological polar surface area (TPSA) is 70.0 Å². The van der Waals surface area contributed by atoms with Crippen molar-refractivity contribution in [1.29, 1.82) is 5.26 Å². The standard InChI is InChI=1S/C15H13BrN2O2S/c1-11-10-13(16)4-7-15(11)18-21(19,20)14-5-2-12(3-6-14)8-9-17/h2-7,10,18H,8H2,1H3. The monoisotopic (exact) mass is 364 g/mol. The quantitative estimate of drug-likeness (QED) is 0.900. The summed E-state index contributed by atoms with van der Waals surface area (Å²) in [4.78, 5) is 0.173. The van der Waals surface area contributed by atoms with Crippen molar-refractivity contribution >= 4 is 31.6 Å². The number of nitriles is 1. The minimum absolute atomic E-state index is 0.173. The maximum absolute atomic E-state index is 12.3. The molecule has 0 aliphatic rings. The average molecular weight is 365 g/mol. The third-order valence-electron chi connectivity index (χ3n) is 2.95. The zero-order valence-corrected chi connectivity index (χ0v) is 13.7. The van der Waals surface area contributed by atoms with Gasteiger partial charge in [-0.2, -0.15) is 5.26 Å². The molecule has 0 fully saturated rings. The van der Waals surface area contributed by atoms with Gasteiger partial charge in [-0.1, -0.05) is 28.1 Å². The van der Waals surface area contributed by atoms with Crippen molar-refractivity contribution in [3.63, 3.8) is 0 Å². The lowest BCUT2D eigenvalue weighted by atomic mass is 10.2. The lowest BCUT2D eigenvalue weighted by molar-refractivity contribution is 0.601. The molecule has 108 valence electrons. The van der Waals surface area contributed by atoms with Crippen molar-refractivity contribution < 1.29 is 8.42 Å². The molecule has 0 saturated heterocycles. The van der Waals surface area contributed by atoms with Gasteiger partial charge >= 0.3 is 0 Å². The van der Waals surface area contributed by atoms with Gasteiger partial charge in [0.05, 0.1) is 23.1 Å². The molecule has 0 aromatic heterocycles. The first-order valence-corrected chi connectivity index (χ1v) is 8.45. The fraction of sp³-hybridized carbons (Fsp3) is 0.133. The Morgan fingerprint density at radius 1 is 1.19 bits per heavy atom. The van der Waals surface area contributed by atoms with Crippen LogP contribution in [0.4, 0.5) is 5.69 Å². The van der Waals surface area contributed by atoms with Crippen LogP contribution in [0.15, 0.2) is 51.8 Å². The van der Waals surface area contributed by atoms with Crippen LogP contribution in [0.3, 0.4) is 0 Å². The molecule has 4 nitrogen and oxygen atoms in total. The van der Waals surface area contributed by atoms with Gasteiger partial charge in [-0.05, 0) is 48.4 Å². The number of benzene rings is 2. The molecule has 2 rings (SSSR count). The largest absolute Gasteiger partial charge is 0.279 e. The zero-order chi connectivity index (χ0) is 15.5. The average Bonchev–Trinajstić information content (AvgIpc) is 2.43. The molecule has 0 heterocycles. The summed E-state index contributed by atoms with van der Waals surface area (Å²) in [7, 11) is -3.63. The minimum Gasteiger partial charge on any atom is -0.279 e. The number of nitrogens with zero attached hydrogens (tertiary/aromatic N) is 1. The van der Waals surface area contributed by atoms with Crippen molar-refractivity contribution in [2.45, 2.75) is 18.2 Å². The number of hydrogen-bond acceptors (Lipinski definition) is 3. The first-order valence-electron chi connectivity index (χ1n) is 6.17. The van der Waals surface area contributed by atoms with E-state index in [1.54, 1.807) is 24.3 Å². The molecule has 6 heteroatoms. The highest BCUT2D eigenvalue weighted by atomic mass is 79.9. The second kappa shape index (κ2) is 6.29. The lowest BCUT2D eigenvalue weighted by Crippen LogP contribution is -2.13. The van der Waals surface area contributed by atoms with Gasteiger partial charge in [0.25, 0.3) is 10.0 Å². The number of anilines is 1. The molecule has 0 spiro atoms. The van der Waals surface area contributed by atoms with E-state index >= 15 is 0 Å². The number of sulfonamides is 1. The summed E-state index contributed by atoms with van der Waals surface area (Å²) in [6.45, 7) is 1.83. The molecule has 2 aromatic carbocycles. The number of halogens is 1. The fourth-order valence-corrected chi connectivity index (χ4v) is 3.43. The van der Waals surface area contributed by atoms with Crippen LogP contribution in [-0.4, -0.2) is 8.42 Å². The summed E-state index contributed by atoms with van der Waals surface area (Å²) in [5.74, 6) is 0. The normalized spacial score (nSPS) is 10.9. The van der Waals surface area contributed by atoms with E-state index in [0.717, 1.165) is 15.6 Å². The van der Waals surface area contributed by atoms with Crippen LogP contribution >= 0.6 is 15.9 Å². The molecule has 0 atom stereocenters. The maximum Gasteiger partial charge on any atom is 0.261 e. The van der Waals surface area contributed by atoms with Crippen LogP contribution in [0, 0.1) is 18.3 Å². The molecule has 0 aliphatic carbocycles. The highest BCUT2D eigenvalue weighted by Crippen LogP contribution is 2.23. The second-order valence-electron chi connectivity index (χ2n) is 4.54. The van der Waals surface area contributed by atoms with E-state index in [1.165, 1.54) is 12.1 Å². The van der Waals surface area contributed by atoms with E-state index < -0.39 is 10.0 Å². The van der Waals surface area contributed by atoms with Crippen LogP contribution in [0.5, 0.6) is 0 Å². The molecular formula is C15H13BrN2O2S. The minimum atomic E-state index is -3.63. The summed E-state index contributed by atoms with van der Waals surface area (Å²) >= 11 is 3.34. The maximum atomic E-state index is 12.3. The highest BCUT2D eigenvalue weighted by Gasteiger charge is 2.15. The van der Waals surface area contributed by atoms with Crippen molar-refractivity contribution in [2.24, 2.45) is 0 Å². The van der Waals surface area contributed by atoms with Crippen LogP contribution < -0.4 is 4.72 Å². The third-order valence-corrected chi connectivity index (χ3v) is 4.82. The molecule has 1 N–H and O–H groups in total. The number of rotatable bonds is 4. The third kappa shape index (κ3) is 3.84. The Balaban J connectivity index is 2.27. The summed E-state index contributed by atoms with van der Waals surface area (Å²) < 4.78 is 28.1. The summed E-state index contributed by atoms with van der Waals surface area (Å²) in [6.07, 6.45) is 0.263. The predicted octanol–water partition coefficient (Wildman–Crippen LogP) is 3.62. The Morgan fingerprint density at radius 2 is 1.86 bits per heavy atom. The number of aryl methyl sites for hydroxylation is 1. The van der Waals surface area contributed by atoms with Gasteiger partial charge in [0, 0.05) is 4.47 Å². The molecule has 0 aliphatic heterocycles. The van der Waals surface area contributed by atoms with Crippen molar-refractivity contribution in [3.8, 4) is 6.07 Å². The Bertz CT molecular complexity index is 793. The van der Waals surface area contributed by atoms with Crippen molar-refractivity contribution in [2.75, 3.05) is 4.72 Å². The van der Waals surface area contributed by atoms with E-state index in [1.807, 2.05) is 19.1 Å². The molecule has 21 heavy (non-hydrogen) atoms. The van der Waals surface area contributed by atoms with Crippen molar-refractivity contribution in [3.05, 3.63) is 58.1 Å². The first kappa shape index (κ1) is 15.5. The van der Waals surface area contributed by atoms with E-state index in [4.69, 9.17) is 5.26 Å². The van der Waals surface area contributed by atoms with E-state index in [2.05, 4.69) is 20.7 Å². The van der Waals surface area contributed by atoms with Crippen LogP contribution in [0.25, 0.3) is 0 Å². The Hall–Kier alpha value is -1.84. The van der Waals surface area contributed by atoms with Crippen LogP contribution in [-0.2, 0) is 16.4 Å². The Morgan fingerprint density at radius 3 is 2.43 bits per heavy atom. The fourth-order valence-electron chi connectivity index (χ4n) is 1.82. The van der Waals surface area contributed by atoms with Crippen molar-refractivity contribution in [1.82, 2.24) is 0 Å².